The molecular formula is C12H20N4O3S. The van der Waals surface area contributed by atoms with Gasteiger partial charge in [0.2, 0.25) is 0 Å². The Morgan fingerprint density at radius 1 is 1.55 bits per heavy atom. The predicted molar refractivity (Wildman–Crippen MR) is 75.2 cm³/mol. The van der Waals surface area contributed by atoms with E-state index in [0.717, 1.165) is 24.1 Å². The molecule has 0 spiro atoms. The first kappa shape index (κ1) is 14.8. The van der Waals surface area contributed by atoms with Crippen LogP contribution in [0.15, 0.2) is 6.20 Å². The van der Waals surface area contributed by atoms with E-state index in [9.17, 15) is 13.2 Å². The minimum absolute atomic E-state index is 0.0502. The Morgan fingerprint density at radius 3 is 2.95 bits per heavy atom. The summed E-state index contributed by atoms with van der Waals surface area (Å²) in [6.45, 7) is 2.51. The first-order valence-electron chi connectivity index (χ1n) is 6.70. The third kappa shape index (κ3) is 4.22. The zero-order chi connectivity index (χ0) is 14.6. The van der Waals surface area contributed by atoms with Crippen LogP contribution in [0.25, 0.3) is 0 Å². The van der Waals surface area contributed by atoms with Crippen LogP contribution < -0.4 is 10.6 Å². The van der Waals surface area contributed by atoms with Gasteiger partial charge >= 0.3 is 6.03 Å². The maximum atomic E-state index is 11.6. The molecule has 1 atom stereocenters. The normalized spacial score (nSPS) is 20.8. The molecule has 0 radical (unpaired) electrons. The number of hydrogen-bond donors (Lipinski definition) is 3. The summed E-state index contributed by atoms with van der Waals surface area (Å²) in [7, 11) is -2.95. The fourth-order valence-corrected chi connectivity index (χ4v) is 3.93. The number of aryl methyl sites for hydroxylation is 2. The summed E-state index contributed by atoms with van der Waals surface area (Å²) in [6, 6.07) is -0.549. The van der Waals surface area contributed by atoms with Gasteiger partial charge in [-0.1, -0.05) is 0 Å². The molecule has 1 fully saturated rings. The second kappa shape index (κ2) is 6.25. The van der Waals surface area contributed by atoms with Gasteiger partial charge in [-0.25, -0.2) is 13.2 Å². The Balaban J connectivity index is 1.62. The molecule has 1 aromatic rings. The molecule has 0 bridgehead atoms. The SMILES string of the molecule is Cc1[nH]ncc1CCCNC(=O)N[C@@H]1CCS(=O)(=O)C1. The summed E-state index contributed by atoms with van der Waals surface area (Å²) in [4.78, 5) is 11.6. The lowest BCUT2D eigenvalue weighted by Gasteiger charge is -2.11. The summed E-state index contributed by atoms with van der Waals surface area (Å²) in [5, 5.41) is 12.2. The van der Waals surface area contributed by atoms with Crippen molar-refractivity contribution in [2.75, 3.05) is 18.1 Å². The summed E-state index contributed by atoms with van der Waals surface area (Å²) < 4.78 is 22.5. The standard InChI is InChI=1S/C12H20N4O3S/c1-9-10(7-14-16-9)3-2-5-13-12(17)15-11-4-6-20(18,19)8-11/h7,11H,2-6,8H2,1H3,(H,14,16)(H2,13,15,17)/t11-/m1/s1. The monoisotopic (exact) mass is 300 g/mol. The van der Waals surface area contributed by atoms with Crippen LogP contribution >= 0.6 is 0 Å². The first-order valence-corrected chi connectivity index (χ1v) is 8.52. The van der Waals surface area contributed by atoms with E-state index >= 15 is 0 Å². The van der Waals surface area contributed by atoms with Gasteiger partial charge in [-0.05, 0) is 31.7 Å². The van der Waals surface area contributed by atoms with E-state index in [4.69, 9.17) is 0 Å². The van der Waals surface area contributed by atoms with Crippen molar-refractivity contribution in [2.24, 2.45) is 0 Å². The van der Waals surface area contributed by atoms with Crippen molar-refractivity contribution < 1.29 is 13.2 Å². The molecule has 1 aliphatic rings. The average Bonchev–Trinajstić information content (AvgIpc) is 2.91. The van der Waals surface area contributed by atoms with E-state index in [0.29, 0.717) is 13.0 Å². The fraction of sp³-hybridized carbons (Fsp3) is 0.667. The maximum Gasteiger partial charge on any atom is 0.315 e. The molecule has 20 heavy (non-hydrogen) atoms. The summed E-state index contributed by atoms with van der Waals surface area (Å²) in [5.41, 5.74) is 2.19. The molecule has 2 amide bonds. The number of nitrogens with zero attached hydrogens (tertiary/aromatic N) is 1. The van der Waals surface area contributed by atoms with Crippen molar-refractivity contribution in [3.63, 3.8) is 0 Å². The van der Waals surface area contributed by atoms with E-state index in [1.54, 1.807) is 6.20 Å². The zero-order valence-corrected chi connectivity index (χ0v) is 12.3. The van der Waals surface area contributed by atoms with Gasteiger partial charge in [0, 0.05) is 18.3 Å². The predicted octanol–water partition coefficient (Wildman–Crippen LogP) is 0.137. The molecule has 7 nitrogen and oxygen atoms in total. The van der Waals surface area contributed by atoms with Crippen LogP contribution in [-0.2, 0) is 16.3 Å². The van der Waals surface area contributed by atoms with Crippen molar-refractivity contribution in [3.8, 4) is 0 Å². The van der Waals surface area contributed by atoms with Crippen LogP contribution in [0.3, 0.4) is 0 Å². The van der Waals surface area contributed by atoms with Gasteiger partial charge in [0.15, 0.2) is 9.84 Å². The van der Waals surface area contributed by atoms with Gasteiger partial charge in [0.25, 0.3) is 0 Å². The highest BCUT2D eigenvalue weighted by molar-refractivity contribution is 7.91. The lowest BCUT2D eigenvalue weighted by molar-refractivity contribution is 0.238. The Bertz CT molecular complexity index is 567. The highest BCUT2D eigenvalue weighted by atomic mass is 32.2. The molecule has 1 aliphatic heterocycles. The van der Waals surface area contributed by atoms with Crippen LogP contribution in [0.4, 0.5) is 4.79 Å². The molecule has 1 saturated heterocycles. The second-order valence-corrected chi connectivity index (χ2v) is 7.35. The number of sulfone groups is 1. The number of rotatable bonds is 5. The zero-order valence-electron chi connectivity index (χ0n) is 11.5. The van der Waals surface area contributed by atoms with Crippen LogP contribution in [0, 0.1) is 6.92 Å². The van der Waals surface area contributed by atoms with Crippen molar-refractivity contribution in [1.29, 1.82) is 0 Å². The number of aromatic amines is 1. The molecule has 2 rings (SSSR count). The molecular weight excluding hydrogens is 280 g/mol. The van der Waals surface area contributed by atoms with Gasteiger partial charge in [-0.15, -0.1) is 0 Å². The minimum Gasteiger partial charge on any atom is -0.338 e. The van der Waals surface area contributed by atoms with Gasteiger partial charge in [-0.3, -0.25) is 5.10 Å². The highest BCUT2D eigenvalue weighted by Gasteiger charge is 2.28. The third-order valence-corrected chi connectivity index (χ3v) is 5.18. The molecule has 0 aromatic carbocycles. The van der Waals surface area contributed by atoms with Crippen LogP contribution in [0.2, 0.25) is 0 Å². The van der Waals surface area contributed by atoms with Gasteiger partial charge in [-0.2, -0.15) is 5.10 Å². The van der Waals surface area contributed by atoms with E-state index in [1.165, 1.54) is 0 Å². The number of aromatic nitrogens is 2. The average molecular weight is 300 g/mol. The molecule has 0 unspecified atom stereocenters. The van der Waals surface area contributed by atoms with Crippen LogP contribution in [0.1, 0.15) is 24.1 Å². The molecule has 3 N–H and O–H groups in total. The Labute approximate surface area is 118 Å². The lowest BCUT2D eigenvalue weighted by atomic mass is 10.1. The Kier molecular flexibility index (Phi) is 4.64. The Morgan fingerprint density at radius 2 is 2.35 bits per heavy atom. The van der Waals surface area contributed by atoms with Gasteiger partial charge in [0.1, 0.15) is 0 Å². The molecule has 0 saturated carbocycles. The van der Waals surface area contributed by atoms with Gasteiger partial charge < -0.3 is 10.6 Å². The summed E-state index contributed by atoms with van der Waals surface area (Å²) >= 11 is 0. The number of hydrogen-bond acceptors (Lipinski definition) is 4. The quantitative estimate of drug-likeness (QED) is 0.673. The van der Waals surface area contributed by atoms with Crippen molar-refractivity contribution >= 4 is 15.9 Å². The number of nitrogens with one attached hydrogen (secondary N) is 3. The molecule has 2 heterocycles. The first-order chi connectivity index (χ1) is 9.46. The van der Waals surface area contributed by atoms with Crippen LogP contribution in [-0.4, -0.2) is 48.7 Å². The van der Waals surface area contributed by atoms with Crippen molar-refractivity contribution in [3.05, 3.63) is 17.5 Å². The molecule has 1 aromatic heterocycles. The van der Waals surface area contributed by atoms with Crippen molar-refractivity contribution in [1.82, 2.24) is 20.8 Å². The molecule has 8 heteroatoms. The largest absolute Gasteiger partial charge is 0.338 e. The lowest BCUT2D eigenvalue weighted by Crippen LogP contribution is -2.43. The number of urea groups is 1. The maximum absolute atomic E-state index is 11.6. The second-order valence-electron chi connectivity index (χ2n) is 5.12. The summed E-state index contributed by atoms with van der Waals surface area (Å²) in [5.74, 6) is 0.215. The summed E-state index contributed by atoms with van der Waals surface area (Å²) in [6.07, 6.45) is 3.96. The van der Waals surface area contributed by atoms with Gasteiger partial charge in [0.05, 0.1) is 17.7 Å². The minimum atomic E-state index is -2.95. The van der Waals surface area contributed by atoms with E-state index < -0.39 is 9.84 Å². The van der Waals surface area contributed by atoms with E-state index in [-0.39, 0.29) is 23.6 Å². The Hall–Kier alpha value is -1.57. The third-order valence-electron chi connectivity index (χ3n) is 3.41. The molecule has 112 valence electrons. The highest BCUT2D eigenvalue weighted by Crippen LogP contribution is 2.10. The van der Waals surface area contributed by atoms with Crippen LogP contribution in [0.5, 0.6) is 0 Å². The fourth-order valence-electron chi connectivity index (χ4n) is 2.25. The van der Waals surface area contributed by atoms with E-state index in [1.807, 2.05) is 6.92 Å². The molecule has 0 aliphatic carbocycles. The van der Waals surface area contributed by atoms with E-state index in [2.05, 4.69) is 20.8 Å². The topological polar surface area (TPSA) is 104 Å². The number of carbonyl (C=O) groups excluding carboxylic acids is 1. The number of H-pyrrole nitrogens is 1. The number of amides is 2. The van der Waals surface area contributed by atoms with Crippen molar-refractivity contribution in [2.45, 2.75) is 32.2 Å². The number of carbonyl (C=O) groups is 1. The smallest absolute Gasteiger partial charge is 0.315 e.